The molecule has 0 radical (unpaired) electrons. The molecular formula is C22H19N3O3. The number of fused-ring (bicyclic) bond motifs is 2. The molecule has 3 heterocycles. The van der Waals surface area contributed by atoms with Crippen LogP contribution < -0.4 is 11.2 Å². The standard InChI is InChI=1S/C22H19N3O3/c26-21-19-18(16-8-7-14-4-1-2-5-15(14)12-16)9-10-23-20(19)25(22(27)24-21)13-17-6-3-11-28-17/h1-2,4-5,7-10,12,17H,3,6,11,13H2,(H,24,26,27)/t17-/m0/s1. The monoisotopic (exact) mass is 373 g/mol. The largest absolute Gasteiger partial charge is 0.376 e. The summed E-state index contributed by atoms with van der Waals surface area (Å²) >= 11 is 0. The Morgan fingerprint density at radius 3 is 2.79 bits per heavy atom. The van der Waals surface area contributed by atoms with E-state index in [2.05, 4.69) is 22.1 Å². The predicted octanol–water partition coefficient (Wildman–Crippen LogP) is 3.08. The van der Waals surface area contributed by atoms with E-state index in [9.17, 15) is 9.59 Å². The van der Waals surface area contributed by atoms with Gasteiger partial charge < -0.3 is 4.74 Å². The van der Waals surface area contributed by atoms with Crippen molar-refractivity contribution in [1.29, 1.82) is 0 Å². The second-order valence-corrected chi connectivity index (χ2v) is 7.12. The first-order chi connectivity index (χ1) is 13.7. The van der Waals surface area contributed by atoms with E-state index in [1.807, 2.05) is 36.4 Å². The molecule has 2 aromatic heterocycles. The number of nitrogens with zero attached hydrogens (tertiary/aromatic N) is 2. The van der Waals surface area contributed by atoms with Crippen molar-refractivity contribution in [2.75, 3.05) is 6.61 Å². The third kappa shape index (κ3) is 2.82. The van der Waals surface area contributed by atoms with Gasteiger partial charge >= 0.3 is 5.69 Å². The number of hydrogen-bond donors (Lipinski definition) is 1. The van der Waals surface area contributed by atoms with Gasteiger partial charge in [0.25, 0.3) is 5.56 Å². The molecule has 1 aliphatic heterocycles. The molecule has 0 aliphatic carbocycles. The summed E-state index contributed by atoms with van der Waals surface area (Å²) in [7, 11) is 0. The predicted molar refractivity (Wildman–Crippen MR) is 109 cm³/mol. The molecule has 1 atom stereocenters. The minimum absolute atomic E-state index is 0.0297. The normalized spacial score (nSPS) is 16.8. The fraction of sp³-hybridized carbons (Fsp3) is 0.227. The molecule has 1 saturated heterocycles. The van der Waals surface area contributed by atoms with Gasteiger partial charge in [0.05, 0.1) is 18.0 Å². The summed E-state index contributed by atoms with van der Waals surface area (Å²) in [5, 5.41) is 2.65. The molecule has 0 bridgehead atoms. The van der Waals surface area contributed by atoms with Crippen molar-refractivity contribution < 1.29 is 4.74 Å². The van der Waals surface area contributed by atoms with Crippen LogP contribution in [0.25, 0.3) is 32.9 Å². The number of rotatable bonds is 3. The average Bonchev–Trinajstić information content (AvgIpc) is 3.23. The number of ether oxygens (including phenoxy) is 1. The first kappa shape index (κ1) is 16.9. The second kappa shape index (κ2) is 6.73. The first-order valence-corrected chi connectivity index (χ1v) is 9.43. The maximum absolute atomic E-state index is 12.7. The summed E-state index contributed by atoms with van der Waals surface area (Å²) in [6, 6.07) is 16.0. The number of H-pyrrole nitrogens is 1. The van der Waals surface area contributed by atoms with Gasteiger partial charge in [0.1, 0.15) is 5.65 Å². The van der Waals surface area contributed by atoms with Crippen LogP contribution in [0.2, 0.25) is 0 Å². The van der Waals surface area contributed by atoms with E-state index in [4.69, 9.17) is 4.74 Å². The Balaban J connectivity index is 1.73. The van der Waals surface area contributed by atoms with Gasteiger partial charge in [0.2, 0.25) is 0 Å². The molecule has 5 rings (SSSR count). The Kier molecular flexibility index (Phi) is 4.06. The van der Waals surface area contributed by atoms with Crippen LogP contribution in [-0.4, -0.2) is 27.2 Å². The average molecular weight is 373 g/mol. The number of pyridine rings is 1. The lowest BCUT2D eigenvalue weighted by Gasteiger charge is -2.14. The van der Waals surface area contributed by atoms with Crippen molar-refractivity contribution in [3.05, 3.63) is 75.6 Å². The Morgan fingerprint density at radius 2 is 1.96 bits per heavy atom. The summed E-state index contributed by atoms with van der Waals surface area (Å²) < 4.78 is 7.20. The molecule has 6 heteroatoms. The van der Waals surface area contributed by atoms with Gasteiger partial charge in [-0.1, -0.05) is 36.4 Å². The van der Waals surface area contributed by atoms with E-state index in [-0.39, 0.29) is 6.10 Å². The van der Waals surface area contributed by atoms with Crippen LogP contribution in [0.1, 0.15) is 12.8 Å². The summed E-state index contributed by atoms with van der Waals surface area (Å²) in [5.41, 5.74) is 1.21. The maximum atomic E-state index is 12.7. The Labute approximate surface area is 160 Å². The summed E-state index contributed by atoms with van der Waals surface area (Å²) in [6.45, 7) is 1.09. The van der Waals surface area contributed by atoms with E-state index in [0.717, 1.165) is 34.7 Å². The molecule has 2 aromatic carbocycles. The third-order valence-electron chi connectivity index (χ3n) is 5.35. The molecule has 1 N–H and O–H groups in total. The second-order valence-electron chi connectivity index (χ2n) is 7.12. The van der Waals surface area contributed by atoms with Crippen LogP contribution in [0.3, 0.4) is 0 Å². The van der Waals surface area contributed by atoms with Crippen LogP contribution in [0.5, 0.6) is 0 Å². The number of aromatic nitrogens is 3. The highest BCUT2D eigenvalue weighted by Crippen LogP contribution is 2.28. The van der Waals surface area contributed by atoms with Crippen molar-refractivity contribution in [2.45, 2.75) is 25.5 Å². The lowest BCUT2D eigenvalue weighted by molar-refractivity contribution is 0.0967. The molecule has 1 aliphatic rings. The molecule has 140 valence electrons. The van der Waals surface area contributed by atoms with Crippen LogP contribution >= 0.6 is 0 Å². The van der Waals surface area contributed by atoms with Crippen LogP contribution in [0.15, 0.2) is 64.3 Å². The summed E-state index contributed by atoms with van der Waals surface area (Å²) in [5.74, 6) is 0. The molecule has 28 heavy (non-hydrogen) atoms. The van der Waals surface area contributed by atoms with Gasteiger partial charge in [0.15, 0.2) is 0 Å². The molecule has 0 spiro atoms. The number of benzene rings is 2. The quantitative estimate of drug-likeness (QED) is 0.599. The topological polar surface area (TPSA) is 77.0 Å². The zero-order chi connectivity index (χ0) is 19.1. The summed E-state index contributed by atoms with van der Waals surface area (Å²) in [4.78, 5) is 32.0. The van der Waals surface area contributed by atoms with E-state index >= 15 is 0 Å². The van der Waals surface area contributed by atoms with Gasteiger partial charge in [-0.05, 0) is 46.9 Å². The van der Waals surface area contributed by atoms with Gasteiger partial charge in [-0.3, -0.25) is 14.3 Å². The fourth-order valence-corrected chi connectivity index (χ4v) is 3.96. The third-order valence-corrected chi connectivity index (χ3v) is 5.35. The number of aromatic amines is 1. The lowest BCUT2D eigenvalue weighted by atomic mass is 10.00. The minimum Gasteiger partial charge on any atom is -0.376 e. The first-order valence-electron chi connectivity index (χ1n) is 9.43. The molecule has 1 fully saturated rings. The lowest BCUT2D eigenvalue weighted by Crippen LogP contribution is -2.34. The van der Waals surface area contributed by atoms with Crippen LogP contribution in [0.4, 0.5) is 0 Å². The van der Waals surface area contributed by atoms with Gasteiger partial charge in [-0.15, -0.1) is 0 Å². The Hall–Kier alpha value is -3.25. The molecule has 0 amide bonds. The highest BCUT2D eigenvalue weighted by atomic mass is 16.5. The van der Waals surface area contributed by atoms with Crippen LogP contribution in [-0.2, 0) is 11.3 Å². The SMILES string of the molecule is O=c1[nH]c(=O)n(C[C@@H]2CCCO2)c2nccc(-c3ccc4ccccc4c3)c12. The highest BCUT2D eigenvalue weighted by molar-refractivity contribution is 5.95. The van der Waals surface area contributed by atoms with Crippen molar-refractivity contribution in [3.8, 4) is 11.1 Å². The van der Waals surface area contributed by atoms with Crippen molar-refractivity contribution in [1.82, 2.24) is 14.5 Å². The van der Waals surface area contributed by atoms with Crippen molar-refractivity contribution in [3.63, 3.8) is 0 Å². The molecule has 0 unspecified atom stereocenters. The zero-order valence-corrected chi connectivity index (χ0v) is 15.2. The van der Waals surface area contributed by atoms with Crippen molar-refractivity contribution in [2.24, 2.45) is 0 Å². The Morgan fingerprint density at radius 1 is 1.11 bits per heavy atom. The smallest absolute Gasteiger partial charge is 0.330 e. The minimum atomic E-state index is -0.448. The van der Waals surface area contributed by atoms with Gasteiger partial charge in [0, 0.05) is 12.8 Å². The van der Waals surface area contributed by atoms with E-state index in [0.29, 0.717) is 24.2 Å². The zero-order valence-electron chi connectivity index (χ0n) is 15.2. The summed E-state index contributed by atoms with van der Waals surface area (Å²) in [6.07, 6.45) is 3.50. The molecule has 6 nitrogen and oxygen atoms in total. The van der Waals surface area contributed by atoms with Crippen molar-refractivity contribution >= 4 is 21.8 Å². The van der Waals surface area contributed by atoms with E-state index in [1.165, 1.54) is 4.57 Å². The molecule has 4 aromatic rings. The molecule has 0 saturated carbocycles. The van der Waals surface area contributed by atoms with Gasteiger partial charge in [-0.25, -0.2) is 9.78 Å². The fourth-order valence-electron chi connectivity index (χ4n) is 3.96. The van der Waals surface area contributed by atoms with E-state index in [1.54, 1.807) is 6.20 Å². The van der Waals surface area contributed by atoms with Crippen LogP contribution in [0, 0.1) is 0 Å². The van der Waals surface area contributed by atoms with E-state index < -0.39 is 11.2 Å². The Bertz CT molecular complexity index is 1300. The molecular weight excluding hydrogens is 354 g/mol. The maximum Gasteiger partial charge on any atom is 0.330 e. The number of hydrogen-bond acceptors (Lipinski definition) is 4. The number of nitrogens with one attached hydrogen (secondary N) is 1. The van der Waals surface area contributed by atoms with Gasteiger partial charge in [-0.2, -0.15) is 0 Å². The highest BCUT2D eigenvalue weighted by Gasteiger charge is 2.20.